The molecule has 0 amide bonds. The highest BCUT2D eigenvalue weighted by atomic mass is 32.2. The van der Waals surface area contributed by atoms with Crippen LogP contribution in [0.25, 0.3) is 0 Å². The molecule has 0 aliphatic carbocycles. The monoisotopic (exact) mass is 384 g/mol. The number of rotatable bonds is 8. The van der Waals surface area contributed by atoms with E-state index in [-0.39, 0.29) is 16.6 Å². The van der Waals surface area contributed by atoms with E-state index in [0.717, 1.165) is 25.7 Å². The van der Waals surface area contributed by atoms with Crippen molar-refractivity contribution in [2.75, 3.05) is 31.5 Å². The summed E-state index contributed by atoms with van der Waals surface area (Å²) in [7, 11) is -3.77. The molecule has 1 aliphatic rings. The van der Waals surface area contributed by atoms with Crippen molar-refractivity contribution in [1.82, 2.24) is 9.62 Å². The average Bonchev–Trinajstić information content (AvgIpc) is 2.53. The molecular weight excluding hydrogens is 356 g/mol. The summed E-state index contributed by atoms with van der Waals surface area (Å²) in [5.41, 5.74) is 0.104. The maximum Gasteiger partial charge on any atom is 0.293 e. The van der Waals surface area contributed by atoms with Gasteiger partial charge in [-0.05, 0) is 51.3 Å². The predicted molar refractivity (Wildman–Crippen MR) is 102 cm³/mol. The molecule has 1 unspecified atom stereocenters. The fraction of sp³-hybridized carbons (Fsp3) is 0.647. The number of benzene rings is 1. The second kappa shape index (κ2) is 8.79. The predicted octanol–water partition coefficient (Wildman–Crippen LogP) is 2.43. The van der Waals surface area contributed by atoms with Crippen LogP contribution >= 0.6 is 0 Å². The van der Waals surface area contributed by atoms with Gasteiger partial charge in [-0.1, -0.05) is 6.92 Å². The molecule has 0 radical (unpaired) electrons. The number of hydrogen-bond acceptors (Lipinski definition) is 6. The zero-order valence-electron chi connectivity index (χ0n) is 15.6. The largest absolute Gasteiger partial charge is 0.378 e. The normalized spacial score (nSPS) is 18.8. The van der Waals surface area contributed by atoms with Crippen LogP contribution in [0.4, 0.5) is 11.4 Å². The smallest absolute Gasteiger partial charge is 0.293 e. The lowest BCUT2D eigenvalue weighted by atomic mass is 10.0. The van der Waals surface area contributed by atoms with Gasteiger partial charge in [0.05, 0.1) is 9.82 Å². The lowest BCUT2D eigenvalue weighted by Gasteiger charge is -2.30. The summed E-state index contributed by atoms with van der Waals surface area (Å²) in [5, 5.41) is 14.4. The molecule has 8 nitrogen and oxygen atoms in total. The summed E-state index contributed by atoms with van der Waals surface area (Å²) in [5.74, 6) is 0.677. The lowest BCUT2D eigenvalue weighted by Crippen LogP contribution is -2.37. The van der Waals surface area contributed by atoms with E-state index in [1.165, 1.54) is 25.0 Å². The third-order valence-electron chi connectivity index (χ3n) is 4.35. The van der Waals surface area contributed by atoms with Gasteiger partial charge in [0.2, 0.25) is 10.0 Å². The second-order valence-corrected chi connectivity index (χ2v) is 8.90. The Morgan fingerprint density at radius 3 is 2.73 bits per heavy atom. The molecule has 0 spiro atoms. The van der Waals surface area contributed by atoms with E-state index >= 15 is 0 Å². The van der Waals surface area contributed by atoms with E-state index in [9.17, 15) is 18.5 Å². The number of nitro groups is 1. The van der Waals surface area contributed by atoms with Gasteiger partial charge < -0.3 is 10.2 Å². The summed E-state index contributed by atoms with van der Waals surface area (Å²) in [6.07, 6.45) is 2.42. The first-order valence-corrected chi connectivity index (χ1v) is 10.4. The van der Waals surface area contributed by atoms with E-state index in [1.54, 1.807) is 13.8 Å². The van der Waals surface area contributed by atoms with Gasteiger partial charge in [-0.3, -0.25) is 10.1 Å². The van der Waals surface area contributed by atoms with Crippen LogP contribution in [0.1, 0.15) is 33.6 Å². The Bertz CT molecular complexity index is 736. The molecule has 1 saturated heterocycles. The molecule has 0 aromatic heterocycles. The Kier molecular flexibility index (Phi) is 6.96. The van der Waals surface area contributed by atoms with Crippen LogP contribution in [0.5, 0.6) is 0 Å². The first kappa shape index (κ1) is 20.6. The van der Waals surface area contributed by atoms with Gasteiger partial charge in [-0.15, -0.1) is 0 Å². The van der Waals surface area contributed by atoms with Gasteiger partial charge in [0.25, 0.3) is 5.69 Å². The number of hydrogen-bond donors (Lipinski definition) is 2. The van der Waals surface area contributed by atoms with Crippen molar-refractivity contribution in [3.05, 3.63) is 28.3 Å². The van der Waals surface area contributed by atoms with Gasteiger partial charge in [0.1, 0.15) is 5.69 Å². The number of piperidine rings is 1. The number of nitrogens with one attached hydrogen (secondary N) is 2. The van der Waals surface area contributed by atoms with Gasteiger partial charge in [-0.25, -0.2) is 13.1 Å². The Labute approximate surface area is 155 Å². The molecule has 1 heterocycles. The molecule has 1 atom stereocenters. The molecule has 0 saturated carbocycles. The van der Waals surface area contributed by atoms with Gasteiger partial charge in [-0.2, -0.15) is 0 Å². The molecule has 146 valence electrons. The van der Waals surface area contributed by atoms with Crippen LogP contribution in [0.15, 0.2) is 23.1 Å². The topological polar surface area (TPSA) is 105 Å². The number of likely N-dealkylation sites (tertiary alicyclic amines) is 1. The molecule has 2 N–H and O–H groups in total. The Morgan fingerprint density at radius 1 is 1.38 bits per heavy atom. The standard InChI is InChI=1S/C17H28N4O4S/c1-13(2)19-26(24,25)15-6-7-16(17(11-15)21(22)23)18-8-10-20-9-4-5-14(3)12-20/h6-7,11,13-14,18-19H,4-5,8-10,12H2,1-3H3. The summed E-state index contributed by atoms with van der Waals surface area (Å²) in [4.78, 5) is 13.1. The fourth-order valence-corrected chi connectivity index (χ4v) is 4.47. The maximum atomic E-state index is 12.2. The van der Waals surface area contributed by atoms with Crippen molar-refractivity contribution in [1.29, 1.82) is 0 Å². The quantitative estimate of drug-likeness (QED) is 0.527. The molecule has 1 aromatic carbocycles. The molecule has 1 fully saturated rings. The van der Waals surface area contributed by atoms with Gasteiger partial charge in [0, 0.05) is 31.7 Å². The Morgan fingerprint density at radius 2 is 2.12 bits per heavy atom. The zero-order valence-corrected chi connectivity index (χ0v) is 16.4. The second-order valence-electron chi connectivity index (χ2n) is 7.19. The fourth-order valence-electron chi connectivity index (χ4n) is 3.20. The number of anilines is 1. The van der Waals surface area contributed by atoms with Crippen LogP contribution in [0.3, 0.4) is 0 Å². The molecule has 1 aromatic rings. The van der Waals surface area contributed by atoms with E-state index in [2.05, 4.69) is 21.9 Å². The van der Waals surface area contributed by atoms with E-state index in [4.69, 9.17) is 0 Å². The zero-order chi connectivity index (χ0) is 19.3. The first-order chi connectivity index (χ1) is 12.2. The highest BCUT2D eigenvalue weighted by Crippen LogP contribution is 2.27. The van der Waals surface area contributed by atoms with Crippen molar-refractivity contribution >= 4 is 21.4 Å². The van der Waals surface area contributed by atoms with E-state index < -0.39 is 14.9 Å². The van der Waals surface area contributed by atoms with Crippen LogP contribution in [0, 0.1) is 16.0 Å². The van der Waals surface area contributed by atoms with Crippen molar-refractivity contribution in [2.24, 2.45) is 5.92 Å². The minimum atomic E-state index is -3.77. The van der Waals surface area contributed by atoms with Crippen molar-refractivity contribution in [2.45, 2.75) is 44.6 Å². The molecule has 26 heavy (non-hydrogen) atoms. The number of nitrogens with zero attached hydrogens (tertiary/aromatic N) is 2. The molecular formula is C17H28N4O4S. The summed E-state index contributed by atoms with van der Waals surface area (Å²) < 4.78 is 26.9. The highest BCUT2D eigenvalue weighted by Gasteiger charge is 2.22. The summed E-state index contributed by atoms with van der Waals surface area (Å²) in [6.45, 7) is 9.09. The number of sulfonamides is 1. The van der Waals surface area contributed by atoms with Crippen LogP contribution in [-0.2, 0) is 10.0 Å². The van der Waals surface area contributed by atoms with E-state index in [1.807, 2.05) is 0 Å². The van der Waals surface area contributed by atoms with Gasteiger partial charge in [0.15, 0.2) is 0 Å². The third-order valence-corrected chi connectivity index (χ3v) is 6.01. The van der Waals surface area contributed by atoms with Crippen LogP contribution < -0.4 is 10.0 Å². The summed E-state index contributed by atoms with van der Waals surface area (Å²) in [6, 6.07) is 3.68. The van der Waals surface area contributed by atoms with E-state index in [0.29, 0.717) is 18.2 Å². The summed E-state index contributed by atoms with van der Waals surface area (Å²) >= 11 is 0. The first-order valence-electron chi connectivity index (χ1n) is 8.96. The third kappa shape index (κ3) is 5.65. The van der Waals surface area contributed by atoms with Crippen molar-refractivity contribution in [3.8, 4) is 0 Å². The van der Waals surface area contributed by atoms with Crippen molar-refractivity contribution in [3.63, 3.8) is 0 Å². The molecule has 1 aliphatic heterocycles. The molecule has 2 rings (SSSR count). The average molecular weight is 385 g/mol. The minimum absolute atomic E-state index is 0.103. The van der Waals surface area contributed by atoms with Crippen molar-refractivity contribution < 1.29 is 13.3 Å². The maximum absolute atomic E-state index is 12.2. The SMILES string of the molecule is CC1CCCN(CCNc2ccc(S(=O)(=O)NC(C)C)cc2[N+](=O)[O-])C1. The number of nitro benzene ring substituents is 1. The molecule has 9 heteroatoms. The van der Waals surface area contributed by atoms with Gasteiger partial charge >= 0.3 is 0 Å². The Hall–Kier alpha value is -1.71. The lowest BCUT2D eigenvalue weighted by molar-refractivity contribution is -0.384. The van der Waals surface area contributed by atoms with Crippen LogP contribution in [0.2, 0.25) is 0 Å². The minimum Gasteiger partial charge on any atom is -0.378 e. The Balaban J connectivity index is 2.07. The molecule has 0 bridgehead atoms. The van der Waals surface area contributed by atoms with Crippen LogP contribution in [-0.4, -0.2) is 50.5 Å². The highest BCUT2D eigenvalue weighted by molar-refractivity contribution is 7.89.